The van der Waals surface area contributed by atoms with E-state index >= 15 is 0 Å². The molecule has 146 valence electrons. The predicted octanol–water partition coefficient (Wildman–Crippen LogP) is 2.71. The average molecular weight is 386 g/mol. The van der Waals surface area contributed by atoms with Gasteiger partial charge in [0.05, 0.1) is 4.90 Å². The second kappa shape index (κ2) is 9.32. The smallest absolute Gasteiger partial charge is 0.314 e. The molecule has 0 bridgehead atoms. The molecule has 6 nitrogen and oxygen atoms in total. The van der Waals surface area contributed by atoms with Crippen LogP contribution >= 0.6 is 0 Å². The maximum Gasteiger partial charge on any atom is 0.314 e. The number of hydrogen-bond donors (Lipinski definition) is 2. The van der Waals surface area contributed by atoms with Crippen LogP contribution in [-0.4, -0.2) is 44.4 Å². The second-order valence-corrected chi connectivity index (χ2v) is 8.74. The second-order valence-electron chi connectivity index (χ2n) is 6.80. The molecule has 1 heterocycles. The maximum atomic E-state index is 13.0. The molecule has 0 aromatic heterocycles. The first-order valence-electron chi connectivity index (χ1n) is 9.13. The van der Waals surface area contributed by atoms with Gasteiger partial charge in [-0.3, -0.25) is 0 Å². The summed E-state index contributed by atoms with van der Waals surface area (Å²) in [6.45, 7) is 5.44. The van der Waals surface area contributed by atoms with E-state index in [1.165, 1.54) is 16.4 Å². The van der Waals surface area contributed by atoms with Crippen LogP contribution in [0.3, 0.4) is 0 Å². The number of nitrogens with one attached hydrogen (secondary N) is 2. The zero-order valence-corrected chi connectivity index (χ0v) is 16.2. The SMILES string of the molecule is CC[C@H](C)NC(=O)NCCC1CCN(S(=O)(=O)c2ccc(F)cc2)CC1. The van der Waals surface area contributed by atoms with Crippen LogP contribution in [0.25, 0.3) is 0 Å². The highest BCUT2D eigenvalue weighted by atomic mass is 32.2. The Kier molecular flexibility index (Phi) is 7.40. The number of piperidine rings is 1. The van der Waals surface area contributed by atoms with Gasteiger partial charge in [-0.1, -0.05) is 6.92 Å². The van der Waals surface area contributed by atoms with E-state index in [-0.39, 0.29) is 17.0 Å². The molecule has 26 heavy (non-hydrogen) atoms. The summed E-state index contributed by atoms with van der Waals surface area (Å²) >= 11 is 0. The Hall–Kier alpha value is -1.67. The van der Waals surface area contributed by atoms with Crippen molar-refractivity contribution in [3.8, 4) is 0 Å². The van der Waals surface area contributed by atoms with Crippen molar-refractivity contribution in [3.05, 3.63) is 30.1 Å². The lowest BCUT2D eigenvalue weighted by molar-refractivity contribution is 0.233. The molecule has 8 heteroatoms. The topological polar surface area (TPSA) is 78.5 Å². The summed E-state index contributed by atoms with van der Waals surface area (Å²) in [7, 11) is -3.57. The number of halogens is 1. The molecular formula is C18H28FN3O3S. The van der Waals surface area contributed by atoms with Crippen LogP contribution in [0, 0.1) is 11.7 Å². The number of nitrogens with zero attached hydrogens (tertiary/aromatic N) is 1. The van der Waals surface area contributed by atoms with Crippen LogP contribution < -0.4 is 10.6 Å². The fraction of sp³-hybridized carbons (Fsp3) is 0.611. The van der Waals surface area contributed by atoms with Gasteiger partial charge in [-0.25, -0.2) is 17.6 Å². The summed E-state index contributed by atoms with van der Waals surface area (Å²) in [6.07, 6.45) is 3.23. The molecule has 1 aromatic carbocycles. The number of benzene rings is 1. The number of urea groups is 1. The van der Waals surface area contributed by atoms with Crippen molar-refractivity contribution in [2.75, 3.05) is 19.6 Å². The summed E-state index contributed by atoms with van der Waals surface area (Å²) in [6, 6.07) is 4.92. The van der Waals surface area contributed by atoms with Crippen LogP contribution in [0.5, 0.6) is 0 Å². The summed E-state index contributed by atoms with van der Waals surface area (Å²) in [5, 5.41) is 5.70. The quantitative estimate of drug-likeness (QED) is 0.757. The number of carbonyl (C=O) groups is 1. The lowest BCUT2D eigenvalue weighted by Gasteiger charge is -2.31. The predicted molar refractivity (Wildman–Crippen MR) is 98.8 cm³/mol. The van der Waals surface area contributed by atoms with Gasteiger partial charge in [0.1, 0.15) is 5.82 Å². The highest BCUT2D eigenvalue weighted by Gasteiger charge is 2.29. The van der Waals surface area contributed by atoms with Gasteiger partial charge in [-0.2, -0.15) is 4.31 Å². The van der Waals surface area contributed by atoms with Crippen LogP contribution in [0.1, 0.15) is 39.5 Å². The highest BCUT2D eigenvalue weighted by molar-refractivity contribution is 7.89. The van der Waals surface area contributed by atoms with Crippen molar-refractivity contribution >= 4 is 16.1 Å². The first-order valence-corrected chi connectivity index (χ1v) is 10.6. The molecule has 0 saturated carbocycles. The number of hydrogen-bond acceptors (Lipinski definition) is 3. The van der Waals surface area contributed by atoms with E-state index in [2.05, 4.69) is 10.6 Å². The molecule has 1 aliphatic rings. The Bertz CT molecular complexity index is 686. The van der Waals surface area contributed by atoms with Crippen molar-refractivity contribution in [2.45, 2.75) is 50.5 Å². The first kappa shape index (κ1) is 20.6. The Morgan fingerprint density at radius 1 is 1.27 bits per heavy atom. The number of rotatable bonds is 7. The largest absolute Gasteiger partial charge is 0.338 e. The van der Waals surface area contributed by atoms with E-state index in [4.69, 9.17) is 0 Å². The number of carbonyl (C=O) groups excluding carboxylic acids is 1. The van der Waals surface area contributed by atoms with E-state index in [1.54, 1.807) is 0 Å². The van der Waals surface area contributed by atoms with E-state index in [1.807, 2.05) is 13.8 Å². The van der Waals surface area contributed by atoms with E-state index in [0.29, 0.717) is 25.6 Å². The Labute approximate surface area is 155 Å². The Morgan fingerprint density at radius 2 is 1.88 bits per heavy atom. The Morgan fingerprint density at radius 3 is 2.46 bits per heavy atom. The Balaban J connectivity index is 1.76. The minimum atomic E-state index is -3.57. The summed E-state index contributed by atoms with van der Waals surface area (Å²) in [5.74, 6) is -0.0638. The van der Waals surface area contributed by atoms with Gasteiger partial charge >= 0.3 is 6.03 Å². The van der Waals surface area contributed by atoms with Gasteiger partial charge in [0, 0.05) is 25.7 Å². The molecule has 0 radical (unpaired) electrons. The molecule has 0 unspecified atom stereocenters. The van der Waals surface area contributed by atoms with E-state index in [0.717, 1.165) is 37.8 Å². The standard InChI is InChI=1S/C18H28FN3O3S/c1-3-14(2)21-18(23)20-11-8-15-9-12-22(13-10-15)26(24,25)17-6-4-16(19)5-7-17/h4-7,14-15H,3,8-13H2,1-2H3,(H2,20,21,23)/t14-/m0/s1. The van der Waals surface area contributed by atoms with Gasteiger partial charge < -0.3 is 10.6 Å². The molecule has 1 saturated heterocycles. The molecule has 2 amide bonds. The fourth-order valence-corrected chi connectivity index (χ4v) is 4.43. The normalized spacial score (nSPS) is 17.7. The van der Waals surface area contributed by atoms with Gasteiger partial charge in [-0.15, -0.1) is 0 Å². The van der Waals surface area contributed by atoms with Crippen LogP contribution in [0.15, 0.2) is 29.2 Å². The maximum absolute atomic E-state index is 13.0. The zero-order valence-electron chi connectivity index (χ0n) is 15.4. The van der Waals surface area contributed by atoms with Gasteiger partial charge in [0.15, 0.2) is 0 Å². The van der Waals surface area contributed by atoms with Crippen molar-refractivity contribution in [2.24, 2.45) is 5.92 Å². The summed E-state index contributed by atoms with van der Waals surface area (Å²) < 4.78 is 39.6. The molecule has 1 aromatic rings. The van der Waals surface area contributed by atoms with Crippen molar-refractivity contribution < 1.29 is 17.6 Å². The fourth-order valence-electron chi connectivity index (χ4n) is 2.96. The minimum absolute atomic E-state index is 0.126. The first-order chi connectivity index (χ1) is 12.3. The third kappa shape index (κ3) is 5.67. The van der Waals surface area contributed by atoms with Crippen molar-refractivity contribution in [1.82, 2.24) is 14.9 Å². The van der Waals surface area contributed by atoms with E-state index in [9.17, 15) is 17.6 Å². The van der Waals surface area contributed by atoms with Crippen LogP contribution in [0.4, 0.5) is 9.18 Å². The van der Waals surface area contributed by atoms with Crippen molar-refractivity contribution in [1.29, 1.82) is 0 Å². The molecule has 0 aliphatic carbocycles. The van der Waals surface area contributed by atoms with Crippen LogP contribution in [-0.2, 0) is 10.0 Å². The summed E-state index contributed by atoms with van der Waals surface area (Å²) in [5.41, 5.74) is 0. The molecule has 1 fully saturated rings. The van der Waals surface area contributed by atoms with Crippen LogP contribution in [0.2, 0.25) is 0 Å². The lowest BCUT2D eigenvalue weighted by atomic mass is 9.95. The third-order valence-corrected chi connectivity index (χ3v) is 6.77. The van der Waals surface area contributed by atoms with Gasteiger partial charge in [-0.05, 0) is 62.8 Å². The van der Waals surface area contributed by atoms with E-state index < -0.39 is 15.8 Å². The van der Waals surface area contributed by atoms with Gasteiger partial charge in [0.25, 0.3) is 0 Å². The monoisotopic (exact) mass is 385 g/mol. The zero-order chi connectivity index (χ0) is 19.2. The van der Waals surface area contributed by atoms with Crippen molar-refractivity contribution in [3.63, 3.8) is 0 Å². The van der Waals surface area contributed by atoms with Gasteiger partial charge in [0.2, 0.25) is 10.0 Å². The molecule has 1 atom stereocenters. The average Bonchev–Trinajstić information content (AvgIpc) is 2.62. The summed E-state index contributed by atoms with van der Waals surface area (Å²) in [4.78, 5) is 11.8. The molecule has 0 spiro atoms. The molecule has 2 N–H and O–H groups in total. The number of sulfonamides is 1. The molecule has 1 aliphatic heterocycles. The third-order valence-electron chi connectivity index (χ3n) is 4.85. The molecule has 2 rings (SSSR count). The minimum Gasteiger partial charge on any atom is -0.338 e. The molecular weight excluding hydrogens is 357 g/mol. The highest BCUT2D eigenvalue weighted by Crippen LogP contribution is 2.25. The number of amides is 2. The lowest BCUT2D eigenvalue weighted by Crippen LogP contribution is -2.42.